The van der Waals surface area contributed by atoms with Crippen LogP contribution in [-0.4, -0.2) is 61.4 Å². The maximum Gasteiger partial charge on any atom is 0.264 e. The number of rotatable bonds is 8. The smallest absolute Gasteiger partial charge is 0.264 e. The number of amides is 3. The first-order valence-electron chi connectivity index (χ1n) is 15.8. The van der Waals surface area contributed by atoms with Gasteiger partial charge >= 0.3 is 0 Å². The van der Waals surface area contributed by atoms with Crippen molar-refractivity contribution in [3.63, 3.8) is 0 Å². The number of halogens is 2. The molecule has 3 aromatic carbocycles. The molecule has 6 rings (SSSR count). The number of ether oxygens (including phenoxy) is 1. The summed E-state index contributed by atoms with van der Waals surface area (Å²) in [6.45, 7) is 5.81. The lowest BCUT2D eigenvalue weighted by atomic mass is 9.82. The Hall–Kier alpha value is -3.38. The highest BCUT2D eigenvalue weighted by Gasteiger charge is 2.67. The third-order valence-corrected chi connectivity index (χ3v) is 12.7. The average Bonchev–Trinajstić information content (AvgIpc) is 3.69. The quantitative estimate of drug-likeness (QED) is 0.209. The second kappa shape index (κ2) is 12.7. The van der Waals surface area contributed by atoms with E-state index in [9.17, 15) is 19.5 Å². The van der Waals surface area contributed by atoms with Gasteiger partial charge in [-0.15, -0.1) is 0 Å². The number of hydrogen-bond acceptors (Lipinski definition) is 5. The summed E-state index contributed by atoms with van der Waals surface area (Å²) in [4.78, 5) is 44.1. The molecule has 0 aromatic heterocycles. The van der Waals surface area contributed by atoms with Crippen LogP contribution in [0.25, 0.3) is 0 Å². The van der Waals surface area contributed by atoms with Gasteiger partial charge in [-0.05, 0) is 74.0 Å². The fraction of sp³-hybridized carbons (Fsp3) is 0.400. The highest BCUT2D eigenvalue weighted by atomic mass is 79.9. The Morgan fingerprint density at radius 2 is 1.83 bits per heavy atom. The maximum absolute atomic E-state index is 16.2. The standard InChI is InChI=1S/C35H39BrFN3O5Si/c1-22-32(46(2,3)37)30(19-31(42)39-17-7-10-27(39)21-41)45-35(22)28-18-25(36)13-16-29(28)40(34(35)44)20-23-11-14-26(15-12-23)38-33(43)24-8-5-4-6-9-24/h4-6,8-9,11-16,18,22,27,30,32,41H,7,10,17,19-21H2,1-3H3,(H,38,43)/t22-,27+,30+,32-,35+/m1/s1. The van der Waals surface area contributed by atoms with Crippen LogP contribution >= 0.6 is 15.9 Å². The number of anilines is 2. The van der Waals surface area contributed by atoms with Crippen LogP contribution in [0.3, 0.4) is 0 Å². The van der Waals surface area contributed by atoms with Gasteiger partial charge in [-0.25, -0.2) is 0 Å². The zero-order valence-corrected chi connectivity index (χ0v) is 28.8. The average molecular weight is 709 g/mol. The minimum absolute atomic E-state index is 0.0413. The lowest BCUT2D eigenvalue weighted by Gasteiger charge is -2.31. The lowest BCUT2D eigenvalue weighted by Crippen LogP contribution is -2.45. The number of nitrogens with one attached hydrogen (secondary N) is 1. The summed E-state index contributed by atoms with van der Waals surface area (Å²) in [5.74, 6) is -1.19. The van der Waals surface area contributed by atoms with Crippen molar-refractivity contribution in [3.05, 3.63) is 94.0 Å². The first-order valence-corrected chi connectivity index (χ1v) is 19.5. The Labute approximate surface area is 278 Å². The fourth-order valence-corrected chi connectivity index (χ4v) is 10.5. The molecule has 0 aliphatic carbocycles. The molecular weight excluding hydrogens is 669 g/mol. The topological polar surface area (TPSA) is 99.2 Å². The third-order valence-electron chi connectivity index (χ3n) is 9.80. The molecule has 0 saturated carbocycles. The zero-order chi connectivity index (χ0) is 32.8. The summed E-state index contributed by atoms with van der Waals surface area (Å²) in [6, 6.07) is 21.7. The van der Waals surface area contributed by atoms with E-state index in [0.29, 0.717) is 29.0 Å². The van der Waals surface area contributed by atoms with Gasteiger partial charge in [0.25, 0.3) is 11.8 Å². The molecule has 3 aliphatic heterocycles. The van der Waals surface area contributed by atoms with Crippen molar-refractivity contribution in [2.24, 2.45) is 5.92 Å². The Morgan fingerprint density at radius 3 is 2.50 bits per heavy atom. The summed E-state index contributed by atoms with van der Waals surface area (Å²) in [6.07, 6.45) is 0.721. The normalized spacial score (nSPS) is 25.7. The predicted molar refractivity (Wildman–Crippen MR) is 181 cm³/mol. The molecule has 2 fully saturated rings. The van der Waals surface area contributed by atoms with E-state index >= 15 is 4.11 Å². The third kappa shape index (κ3) is 5.82. The molecule has 0 radical (unpaired) electrons. The molecule has 0 bridgehead atoms. The molecule has 3 aliphatic rings. The molecule has 242 valence electrons. The lowest BCUT2D eigenvalue weighted by molar-refractivity contribution is -0.150. The largest absolute Gasteiger partial charge is 0.394 e. The number of benzene rings is 3. The Bertz CT molecular complexity index is 1640. The molecule has 3 amide bonds. The molecule has 3 aromatic rings. The number of carbonyl (C=O) groups is 3. The fourth-order valence-electron chi connectivity index (χ4n) is 7.69. The van der Waals surface area contributed by atoms with Crippen molar-refractivity contribution in [2.45, 2.75) is 69.1 Å². The molecule has 2 saturated heterocycles. The summed E-state index contributed by atoms with van der Waals surface area (Å²) >= 11 is 3.57. The van der Waals surface area contributed by atoms with E-state index in [-0.39, 0.29) is 43.3 Å². The summed E-state index contributed by atoms with van der Waals surface area (Å²) in [5, 5.41) is 12.7. The summed E-state index contributed by atoms with van der Waals surface area (Å²) in [5.41, 5.74) is 1.33. The van der Waals surface area contributed by atoms with E-state index in [1.165, 1.54) is 0 Å². The first kappa shape index (κ1) is 32.6. The number of fused-ring (bicyclic) bond motifs is 2. The van der Waals surface area contributed by atoms with E-state index in [1.54, 1.807) is 47.2 Å². The highest BCUT2D eigenvalue weighted by Crippen LogP contribution is 2.60. The molecule has 11 heteroatoms. The molecular formula is C35H39BrFN3O5Si. The molecule has 0 unspecified atom stereocenters. The van der Waals surface area contributed by atoms with Crippen LogP contribution in [-0.2, 0) is 26.5 Å². The van der Waals surface area contributed by atoms with Crippen LogP contribution in [0.4, 0.5) is 15.5 Å². The van der Waals surface area contributed by atoms with E-state index in [0.717, 1.165) is 22.9 Å². The van der Waals surface area contributed by atoms with E-state index < -0.39 is 31.6 Å². The minimum Gasteiger partial charge on any atom is -0.394 e. The van der Waals surface area contributed by atoms with Gasteiger partial charge in [-0.3, -0.25) is 14.4 Å². The van der Waals surface area contributed by atoms with Crippen molar-refractivity contribution >= 4 is 53.4 Å². The first-order chi connectivity index (χ1) is 21.9. The summed E-state index contributed by atoms with van der Waals surface area (Å²) in [7, 11) is -3.44. The predicted octanol–water partition coefficient (Wildman–Crippen LogP) is 6.40. The van der Waals surface area contributed by atoms with Gasteiger partial charge in [0.15, 0.2) is 5.60 Å². The van der Waals surface area contributed by atoms with Crippen LogP contribution in [0.5, 0.6) is 0 Å². The Balaban J connectivity index is 1.28. The van der Waals surface area contributed by atoms with Gasteiger partial charge in [0.05, 0.1) is 37.4 Å². The number of aliphatic hydroxyl groups is 1. The molecule has 5 atom stereocenters. The highest BCUT2D eigenvalue weighted by molar-refractivity contribution is 9.10. The zero-order valence-electron chi connectivity index (χ0n) is 26.2. The molecule has 46 heavy (non-hydrogen) atoms. The Kier molecular flexibility index (Phi) is 8.97. The van der Waals surface area contributed by atoms with Crippen molar-refractivity contribution in [2.75, 3.05) is 23.4 Å². The van der Waals surface area contributed by atoms with Crippen molar-refractivity contribution in [1.82, 2.24) is 4.90 Å². The van der Waals surface area contributed by atoms with Crippen molar-refractivity contribution in [3.8, 4) is 0 Å². The van der Waals surface area contributed by atoms with E-state index in [2.05, 4.69) is 21.2 Å². The van der Waals surface area contributed by atoms with E-state index in [4.69, 9.17) is 4.74 Å². The maximum atomic E-state index is 16.2. The molecule has 2 N–H and O–H groups in total. The molecule has 1 spiro atoms. The van der Waals surface area contributed by atoms with E-state index in [1.807, 2.05) is 55.5 Å². The summed E-state index contributed by atoms with van der Waals surface area (Å²) < 4.78 is 23.7. The molecule has 8 nitrogen and oxygen atoms in total. The van der Waals surface area contributed by atoms with Crippen LogP contribution < -0.4 is 10.2 Å². The van der Waals surface area contributed by atoms with Crippen LogP contribution in [0.15, 0.2) is 77.3 Å². The van der Waals surface area contributed by atoms with Crippen LogP contribution in [0.1, 0.15) is 47.7 Å². The number of likely N-dealkylation sites (tertiary alicyclic amines) is 1. The van der Waals surface area contributed by atoms with Gasteiger partial charge in [0.2, 0.25) is 14.3 Å². The van der Waals surface area contributed by atoms with Gasteiger partial charge in [0, 0.05) is 39.3 Å². The number of hydrogen-bond donors (Lipinski definition) is 2. The van der Waals surface area contributed by atoms with Gasteiger partial charge in [-0.2, -0.15) is 0 Å². The number of carbonyl (C=O) groups excluding carboxylic acids is 3. The van der Waals surface area contributed by atoms with Crippen LogP contribution in [0.2, 0.25) is 18.6 Å². The second-order valence-corrected chi connectivity index (χ2v) is 17.8. The van der Waals surface area contributed by atoms with Gasteiger partial charge < -0.3 is 29.1 Å². The number of nitrogens with zero attached hydrogens (tertiary/aromatic N) is 2. The monoisotopic (exact) mass is 707 g/mol. The number of aliphatic hydroxyl groups excluding tert-OH is 1. The molecule has 3 heterocycles. The second-order valence-electron chi connectivity index (χ2n) is 13.1. The Morgan fingerprint density at radius 1 is 1.11 bits per heavy atom. The van der Waals surface area contributed by atoms with Crippen molar-refractivity contribution < 1.29 is 28.3 Å². The minimum atomic E-state index is -3.44. The van der Waals surface area contributed by atoms with Crippen molar-refractivity contribution in [1.29, 1.82) is 0 Å². The van der Waals surface area contributed by atoms with Gasteiger partial charge in [-0.1, -0.05) is 53.2 Å². The van der Waals surface area contributed by atoms with Crippen LogP contribution in [0, 0.1) is 5.92 Å². The SMILES string of the molecule is C[C@@H]1[C@@H]([Si](C)(C)F)[C@H](CC(=O)N2CCC[C@H]2CO)O[C@@]12C(=O)N(Cc1ccc(NC(=O)c3ccccc3)cc1)c1ccc(Br)cc12. The van der Waals surface area contributed by atoms with Gasteiger partial charge in [0.1, 0.15) is 0 Å².